The molecule has 3 nitrogen and oxygen atoms in total. The van der Waals surface area contributed by atoms with Gasteiger partial charge < -0.3 is 15.0 Å². The van der Waals surface area contributed by atoms with Crippen LogP contribution in [0.5, 0.6) is 0 Å². The number of nitrogens with one attached hydrogen (secondary N) is 1. The molecule has 19 heavy (non-hydrogen) atoms. The second-order valence-corrected chi connectivity index (χ2v) is 5.73. The molecule has 1 aromatic carbocycles. The molecule has 0 saturated carbocycles. The molecule has 1 aromatic rings. The lowest BCUT2D eigenvalue weighted by molar-refractivity contribution is 0.139. The lowest BCUT2D eigenvalue weighted by Gasteiger charge is -2.35. The fraction of sp³-hybridized carbons (Fsp3) is 0.625. The number of anilines is 1. The van der Waals surface area contributed by atoms with E-state index in [1.54, 1.807) is 5.56 Å². The maximum absolute atomic E-state index is 5.29. The van der Waals surface area contributed by atoms with Crippen LogP contribution in [0.3, 0.4) is 0 Å². The third kappa shape index (κ3) is 2.77. The second-order valence-electron chi connectivity index (χ2n) is 5.73. The highest BCUT2D eigenvalue weighted by atomic mass is 16.5. The van der Waals surface area contributed by atoms with Gasteiger partial charge >= 0.3 is 0 Å². The molecule has 3 rings (SSSR count). The third-order valence-corrected chi connectivity index (χ3v) is 4.47. The SMILES string of the molecule is COCC1CCN(c2cccc3c2CCNC3)CC1. The molecule has 0 aliphatic carbocycles. The average molecular weight is 260 g/mol. The molecular formula is C16H24N2O. The van der Waals surface area contributed by atoms with Crippen molar-refractivity contribution in [3.05, 3.63) is 29.3 Å². The Bertz CT molecular complexity index is 425. The zero-order valence-electron chi connectivity index (χ0n) is 11.8. The predicted molar refractivity (Wildman–Crippen MR) is 78.7 cm³/mol. The summed E-state index contributed by atoms with van der Waals surface area (Å²) in [5.41, 5.74) is 4.55. The minimum absolute atomic E-state index is 0.752. The summed E-state index contributed by atoms with van der Waals surface area (Å²) < 4.78 is 5.29. The molecule has 0 spiro atoms. The van der Waals surface area contributed by atoms with Gasteiger partial charge in [0.25, 0.3) is 0 Å². The van der Waals surface area contributed by atoms with Crippen LogP contribution in [0.15, 0.2) is 18.2 Å². The average Bonchev–Trinajstić information content (AvgIpc) is 2.48. The van der Waals surface area contributed by atoms with Crippen LogP contribution < -0.4 is 10.2 Å². The summed E-state index contributed by atoms with van der Waals surface area (Å²) in [5, 5.41) is 3.46. The number of piperidine rings is 1. The first-order chi connectivity index (χ1) is 9.38. The number of ether oxygens (including phenoxy) is 1. The zero-order valence-corrected chi connectivity index (χ0v) is 11.8. The maximum Gasteiger partial charge on any atom is 0.0491 e. The summed E-state index contributed by atoms with van der Waals surface area (Å²) >= 11 is 0. The lowest BCUT2D eigenvalue weighted by atomic mass is 9.94. The van der Waals surface area contributed by atoms with Crippen molar-refractivity contribution in [2.75, 3.05) is 38.3 Å². The molecular weight excluding hydrogens is 236 g/mol. The van der Waals surface area contributed by atoms with Crippen LogP contribution in [0.4, 0.5) is 5.69 Å². The molecule has 104 valence electrons. The molecule has 0 radical (unpaired) electrons. The molecule has 1 fully saturated rings. The Labute approximate surface area is 115 Å². The lowest BCUT2D eigenvalue weighted by Crippen LogP contribution is -2.36. The topological polar surface area (TPSA) is 24.5 Å². The number of rotatable bonds is 3. The Morgan fingerprint density at radius 2 is 2.16 bits per heavy atom. The van der Waals surface area contributed by atoms with Crippen LogP contribution in [0.2, 0.25) is 0 Å². The van der Waals surface area contributed by atoms with Gasteiger partial charge in [0.1, 0.15) is 0 Å². The fourth-order valence-electron chi connectivity index (χ4n) is 3.38. The number of hydrogen-bond acceptors (Lipinski definition) is 3. The Morgan fingerprint density at radius 1 is 1.32 bits per heavy atom. The van der Waals surface area contributed by atoms with E-state index in [4.69, 9.17) is 4.74 Å². The van der Waals surface area contributed by atoms with Gasteiger partial charge in [0.2, 0.25) is 0 Å². The second kappa shape index (κ2) is 5.93. The van der Waals surface area contributed by atoms with Crippen molar-refractivity contribution in [2.45, 2.75) is 25.8 Å². The van der Waals surface area contributed by atoms with Crippen molar-refractivity contribution < 1.29 is 4.74 Å². The highest BCUT2D eigenvalue weighted by Crippen LogP contribution is 2.30. The maximum atomic E-state index is 5.29. The monoisotopic (exact) mass is 260 g/mol. The summed E-state index contributed by atoms with van der Waals surface area (Å²) in [4.78, 5) is 2.58. The standard InChI is InChI=1S/C16H24N2O/c1-19-12-13-6-9-18(10-7-13)16-4-2-3-14-11-17-8-5-15(14)16/h2-4,13,17H,5-12H2,1H3. The summed E-state index contributed by atoms with van der Waals surface area (Å²) in [7, 11) is 1.81. The highest BCUT2D eigenvalue weighted by molar-refractivity contribution is 5.58. The van der Waals surface area contributed by atoms with E-state index in [0.29, 0.717) is 0 Å². The number of hydrogen-bond donors (Lipinski definition) is 1. The van der Waals surface area contributed by atoms with Crippen molar-refractivity contribution >= 4 is 5.69 Å². The van der Waals surface area contributed by atoms with Crippen LogP contribution in [0.1, 0.15) is 24.0 Å². The van der Waals surface area contributed by atoms with Crippen LogP contribution >= 0.6 is 0 Å². The fourth-order valence-corrected chi connectivity index (χ4v) is 3.38. The van der Waals surface area contributed by atoms with Crippen molar-refractivity contribution in [2.24, 2.45) is 5.92 Å². The van der Waals surface area contributed by atoms with Gasteiger partial charge in [-0.25, -0.2) is 0 Å². The van der Waals surface area contributed by atoms with E-state index in [0.717, 1.165) is 25.6 Å². The molecule has 0 aromatic heterocycles. The Hall–Kier alpha value is -1.06. The van der Waals surface area contributed by atoms with Gasteiger partial charge in [-0.15, -0.1) is 0 Å². The summed E-state index contributed by atoms with van der Waals surface area (Å²) in [6, 6.07) is 6.78. The van der Waals surface area contributed by atoms with E-state index in [-0.39, 0.29) is 0 Å². The van der Waals surface area contributed by atoms with Gasteiger partial charge in [-0.3, -0.25) is 0 Å². The Morgan fingerprint density at radius 3 is 2.95 bits per heavy atom. The molecule has 0 amide bonds. The largest absolute Gasteiger partial charge is 0.384 e. The number of benzene rings is 1. The van der Waals surface area contributed by atoms with E-state index >= 15 is 0 Å². The van der Waals surface area contributed by atoms with Crippen LogP contribution in [0, 0.1) is 5.92 Å². The first kappa shape index (κ1) is 12.9. The predicted octanol–water partition coefficient (Wildman–Crippen LogP) is 2.20. The quantitative estimate of drug-likeness (QED) is 0.901. The minimum Gasteiger partial charge on any atom is -0.384 e. The molecule has 1 N–H and O–H groups in total. The molecule has 0 bridgehead atoms. The normalized spacial score (nSPS) is 20.4. The van der Waals surface area contributed by atoms with Crippen molar-refractivity contribution in [1.82, 2.24) is 5.32 Å². The van der Waals surface area contributed by atoms with Crippen molar-refractivity contribution in [3.63, 3.8) is 0 Å². The first-order valence-electron chi connectivity index (χ1n) is 7.44. The molecule has 2 aliphatic heterocycles. The van der Waals surface area contributed by atoms with E-state index in [1.807, 2.05) is 7.11 Å². The Balaban J connectivity index is 1.73. The number of fused-ring (bicyclic) bond motifs is 1. The summed E-state index contributed by atoms with van der Waals surface area (Å²) in [6.45, 7) is 5.42. The molecule has 3 heteroatoms. The van der Waals surface area contributed by atoms with E-state index in [1.165, 1.54) is 43.6 Å². The number of nitrogens with zero attached hydrogens (tertiary/aromatic N) is 1. The van der Waals surface area contributed by atoms with E-state index in [9.17, 15) is 0 Å². The third-order valence-electron chi connectivity index (χ3n) is 4.47. The first-order valence-corrected chi connectivity index (χ1v) is 7.44. The highest BCUT2D eigenvalue weighted by Gasteiger charge is 2.22. The molecule has 2 heterocycles. The van der Waals surface area contributed by atoms with Crippen LogP contribution in [-0.2, 0) is 17.7 Å². The van der Waals surface area contributed by atoms with Crippen LogP contribution in [0.25, 0.3) is 0 Å². The van der Waals surface area contributed by atoms with Gasteiger partial charge in [-0.1, -0.05) is 12.1 Å². The Kier molecular flexibility index (Phi) is 4.04. The summed E-state index contributed by atoms with van der Waals surface area (Å²) in [6.07, 6.45) is 3.69. The van der Waals surface area contributed by atoms with Gasteiger partial charge in [0.15, 0.2) is 0 Å². The number of methoxy groups -OCH3 is 1. The molecule has 0 atom stereocenters. The van der Waals surface area contributed by atoms with Crippen molar-refractivity contribution in [1.29, 1.82) is 0 Å². The molecule has 2 aliphatic rings. The van der Waals surface area contributed by atoms with Gasteiger partial charge in [0, 0.05) is 39.0 Å². The van der Waals surface area contributed by atoms with Crippen LogP contribution in [-0.4, -0.2) is 33.4 Å². The van der Waals surface area contributed by atoms with Gasteiger partial charge in [-0.05, 0) is 48.9 Å². The molecule has 0 unspecified atom stereocenters. The van der Waals surface area contributed by atoms with Crippen molar-refractivity contribution in [3.8, 4) is 0 Å². The van der Waals surface area contributed by atoms with Gasteiger partial charge in [0.05, 0.1) is 0 Å². The van der Waals surface area contributed by atoms with E-state index < -0.39 is 0 Å². The molecule has 1 saturated heterocycles. The van der Waals surface area contributed by atoms with E-state index in [2.05, 4.69) is 28.4 Å². The minimum atomic E-state index is 0.752. The summed E-state index contributed by atoms with van der Waals surface area (Å²) in [5.74, 6) is 0.752. The zero-order chi connectivity index (χ0) is 13.1. The van der Waals surface area contributed by atoms with Gasteiger partial charge in [-0.2, -0.15) is 0 Å². The smallest absolute Gasteiger partial charge is 0.0491 e.